The lowest BCUT2D eigenvalue weighted by molar-refractivity contribution is -0.191. The van der Waals surface area contributed by atoms with Crippen molar-refractivity contribution >= 4 is 16.8 Å². The monoisotopic (exact) mass is 515 g/mol. The Morgan fingerprint density at radius 2 is 2.08 bits per heavy atom. The number of carbonyl (C=O) groups is 1. The normalized spacial score (nSPS) is 18.0. The molecular formula is C26H30FN3O7. The molecule has 1 amide bonds. The topological polar surface area (TPSA) is 132 Å². The number of aromatic nitrogens is 2. The fourth-order valence-electron chi connectivity index (χ4n) is 3.89. The maximum absolute atomic E-state index is 14.6. The predicted molar refractivity (Wildman–Crippen MR) is 132 cm³/mol. The molecule has 10 nitrogen and oxygen atoms in total. The number of hydrogen-bond acceptors (Lipinski definition) is 8. The van der Waals surface area contributed by atoms with Crippen LogP contribution in [0.5, 0.6) is 11.5 Å². The van der Waals surface area contributed by atoms with Gasteiger partial charge < -0.3 is 34.4 Å². The van der Waals surface area contributed by atoms with Crippen LogP contribution in [0.1, 0.15) is 36.5 Å². The number of rotatable bonds is 9. The average Bonchev–Trinajstić information content (AvgIpc) is 2.88. The quantitative estimate of drug-likeness (QED) is 0.396. The molecule has 1 saturated heterocycles. The van der Waals surface area contributed by atoms with Crippen molar-refractivity contribution in [2.75, 3.05) is 26.9 Å². The fourth-order valence-corrected chi connectivity index (χ4v) is 3.89. The van der Waals surface area contributed by atoms with Crippen molar-refractivity contribution in [2.24, 2.45) is 0 Å². The lowest BCUT2D eigenvalue weighted by atomic mass is 10.0. The van der Waals surface area contributed by atoms with E-state index in [0.29, 0.717) is 12.2 Å². The van der Waals surface area contributed by atoms with Crippen LogP contribution in [0.15, 0.2) is 41.2 Å². The summed E-state index contributed by atoms with van der Waals surface area (Å²) < 4.78 is 36.8. The second kappa shape index (κ2) is 11.2. The second-order valence-electron chi connectivity index (χ2n) is 9.29. The van der Waals surface area contributed by atoms with Crippen molar-refractivity contribution in [2.45, 2.75) is 44.6 Å². The summed E-state index contributed by atoms with van der Waals surface area (Å²) in [7, 11) is 1.55. The van der Waals surface area contributed by atoms with Crippen LogP contribution in [0.25, 0.3) is 10.9 Å². The maximum Gasteiger partial charge on any atom is 0.287 e. The van der Waals surface area contributed by atoms with Crippen LogP contribution < -0.4 is 20.3 Å². The summed E-state index contributed by atoms with van der Waals surface area (Å²) in [5.74, 6) is -1.11. The number of aliphatic hydroxyl groups is 1. The summed E-state index contributed by atoms with van der Waals surface area (Å²) >= 11 is 0. The third-order valence-corrected chi connectivity index (χ3v) is 6.02. The van der Waals surface area contributed by atoms with Crippen molar-refractivity contribution in [3.8, 4) is 11.5 Å². The smallest absolute Gasteiger partial charge is 0.287 e. The molecule has 4 rings (SSSR count). The maximum atomic E-state index is 14.6. The molecule has 0 bridgehead atoms. The summed E-state index contributed by atoms with van der Waals surface area (Å²) in [5, 5.41) is 12.6. The van der Waals surface area contributed by atoms with Crippen molar-refractivity contribution in [3.63, 3.8) is 0 Å². The van der Waals surface area contributed by atoms with Crippen LogP contribution in [-0.2, 0) is 16.0 Å². The van der Waals surface area contributed by atoms with Gasteiger partial charge in [-0.1, -0.05) is 12.1 Å². The number of H-pyrrole nitrogens is 1. The number of nitrogens with zero attached hydrogens (tertiary/aromatic N) is 1. The van der Waals surface area contributed by atoms with E-state index in [9.17, 15) is 19.1 Å². The number of ether oxygens (including phenoxy) is 4. The zero-order valence-electron chi connectivity index (χ0n) is 20.9. The third-order valence-electron chi connectivity index (χ3n) is 6.02. The summed E-state index contributed by atoms with van der Waals surface area (Å²) in [5.41, 5.74) is -0.795. The van der Waals surface area contributed by atoms with Gasteiger partial charge in [-0.2, -0.15) is 0 Å². The molecule has 0 aliphatic carbocycles. The highest BCUT2D eigenvalue weighted by Gasteiger charge is 2.33. The molecule has 2 unspecified atom stereocenters. The third kappa shape index (κ3) is 6.43. The minimum absolute atomic E-state index is 0.0550. The number of nitrogens with one attached hydrogen (secondary N) is 2. The Labute approximate surface area is 212 Å². The summed E-state index contributed by atoms with van der Waals surface area (Å²) in [6.07, 6.45) is -0.357. The van der Waals surface area contributed by atoms with Crippen LogP contribution in [-0.4, -0.2) is 65.7 Å². The number of benzene rings is 2. The van der Waals surface area contributed by atoms with Gasteiger partial charge in [-0.25, -0.2) is 9.37 Å². The van der Waals surface area contributed by atoms with Crippen LogP contribution >= 0.6 is 0 Å². The van der Waals surface area contributed by atoms with Crippen molar-refractivity contribution < 1.29 is 33.2 Å². The molecule has 0 saturated carbocycles. The number of carbonyl (C=O) groups excluding carboxylic acids is 1. The number of aromatic amines is 1. The minimum Gasteiger partial charge on any atom is -0.497 e. The lowest BCUT2D eigenvalue weighted by Crippen LogP contribution is -2.48. The first kappa shape index (κ1) is 26.5. The molecule has 1 aliphatic rings. The van der Waals surface area contributed by atoms with Crippen LogP contribution in [0.3, 0.4) is 0 Å². The lowest BCUT2D eigenvalue weighted by Gasteiger charge is -2.35. The molecule has 1 aliphatic heterocycles. The van der Waals surface area contributed by atoms with E-state index < -0.39 is 29.0 Å². The Balaban J connectivity index is 1.42. The molecule has 2 aromatic carbocycles. The first-order valence-electron chi connectivity index (χ1n) is 11.9. The van der Waals surface area contributed by atoms with Crippen molar-refractivity contribution in [1.82, 2.24) is 15.3 Å². The van der Waals surface area contributed by atoms with Gasteiger partial charge in [0.25, 0.3) is 11.5 Å². The second-order valence-corrected chi connectivity index (χ2v) is 9.29. The van der Waals surface area contributed by atoms with Gasteiger partial charge in [-0.05, 0) is 43.7 Å². The molecule has 37 heavy (non-hydrogen) atoms. The number of fused-ring (bicyclic) bond motifs is 1. The van der Waals surface area contributed by atoms with Crippen LogP contribution in [0, 0.1) is 5.82 Å². The summed E-state index contributed by atoms with van der Waals surface area (Å²) in [4.78, 5) is 32.1. The molecule has 1 fully saturated rings. The van der Waals surface area contributed by atoms with E-state index in [1.165, 1.54) is 6.07 Å². The van der Waals surface area contributed by atoms with Gasteiger partial charge in [0, 0.05) is 13.0 Å². The van der Waals surface area contributed by atoms with Crippen molar-refractivity contribution in [1.29, 1.82) is 0 Å². The Kier molecular flexibility index (Phi) is 8.06. The largest absolute Gasteiger partial charge is 0.497 e. The summed E-state index contributed by atoms with van der Waals surface area (Å²) in [6, 6.07) is 9.64. The van der Waals surface area contributed by atoms with Gasteiger partial charge in [-0.15, -0.1) is 0 Å². The summed E-state index contributed by atoms with van der Waals surface area (Å²) in [6.45, 7) is 4.03. The molecule has 11 heteroatoms. The van der Waals surface area contributed by atoms with E-state index in [-0.39, 0.29) is 54.9 Å². The highest BCUT2D eigenvalue weighted by molar-refractivity contribution is 5.93. The standard InChI is InChI=1S/C26H30FN3O7/c1-26(2,33)20-14-36-17(13-37-20)9-10-35-22-18(27)7-8-19-21(22)24(31)30-23(29-19)25(32)28-12-15-5-4-6-16(11-15)34-3/h4-8,11,17,20,33H,9-10,12-14H2,1-3H3,(H,28,32)(H,29,30,31). The Morgan fingerprint density at radius 1 is 1.27 bits per heavy atom. The van der Waals surface area contributed by atoms with Crippen molar-refractivity contribution in [3.05, 3.63) is 64.0 Å². The fraction of sp³-hybridized carbons (Fsp3) is 0.423. The molecule has 1 aromatic heterocycles. The number of amides is 1. The van der Waals surface area contributed by atoms with E-state index in [1.807, 2.05) is 6.07 Å². The molecule has 0 spiro atoms. The Hall–Kier alpha value is -3.54. The molecule has 3 aromatic rings. The Bertz CT molecular complexity index is 1310. The molecule has 2 heterocycles. The van der Waals surface area contributed by atoms with Gasteiger partial charge in [-0.3, -0.25) is 9.59 Å². The zero-order chi connectivity index (χ0) is 26.6. The molecule has 0 radical (unpaired) electrons. The van der Waals surface area contributed by atoms with Gasteiger partial charge in [0.05, 0.1) is 44.2 Å². The molecule has 198 valence electrons. The Morgan fingerprint density at radius 3 is 2.78 bits per heavy atom. The van der Waals surface area contributed by atoms with Gasteiger partial charge in [0.15, 0.2) is 17.4 Å². The average molecular weight is 516 g/mol. The molecule has 3 N–H and O–H groups in total. The number of hydrogen-bond donors (Lipinski definition) is 3. The molecular weight excluding hydrogens is 485 g/mol. The van der Waals surface area contributed by atoms with Gasteiger partial charge >= 0.3 is 0 Å². The minimum atomic E-state index is -1.02. The highest BCUT2D eigenvalue weighted by atomic mass is 19.1. The van der Waals surface area contributed by atoms with Crippen LogP contribution in [0.4, 0.5) is 4.39 Å². The zero-order valence-corrected chi connectivity index (χ0v) is 20.9. The van der Waals surface area contributed by atoms with Gasteiger partial charge in [0.1, 0.15) is 17.2 Å². The van der Waals surface area contributed by atoms with Crippen LogP contribution in [0.2, 0.25) is 0 Å². The SMILES string of the molecule is COc1cccc(CNC(=O)c2nc3ccc(F)c(OCCC4COC(C(C)(C)O)CO4)c3c(=O)[nH]2)c1. The van der Waals surface area contributed by atoms with E-state index >= 15 is 0 Å². The van der Waals surface area contributed by atoms with E-state index in [4.69, 9.17) is 18.9 Å². The van der Waals surface area contributed by atoms with Gasteiger partial charge in [0.2, 0.25) is 0 Å². The number of halogens is 1. The van der Waals surface area contributed by atoms with E-state index in [2.05, 4.69) is 15.3 Å². The first-order valence-corrected chi connectivity index (χ1v) is 11.9. The van der Waals surface area contributed by atoms with E-state index in [0.717, 1.165) is 11.6 Å². The van der Waals surface area contributed by atoms with E-state index in [1.54, 1.807) is 39.2 Å². The molecule has 2 atom stereocenters. The predicted octanol–water partition coefficient (Wildman–Crippen LogP) is 2.32. The highest BCUT2D eigenvalue weighted by Crippen LogP contribution is 2.26. The number of methoxy groups -OCH3 is 1. The first-order chi connectivity index (χ1) is 17.7.